The van der Waals surface area contributed by atoms with Gasteiger partial charge in [0.05, 0.1) is 0 Å². The van der Waals surface area contributed by atoms with Crippen molar-refractivity contribution in [2.45, 2.75) is 38.6 Å². The topological polar surface area (TPSA) is 38.3 Å². The smallest absolute Gasteiger partial charge is 0.258 e. The van der Waals surface area contributed by atoms with Crippen molar-refractivity contribution in [3.8, 4) is 5.75 Å². The second-order valence-corrected chi connectivity index (χ2v) is 5.27. The molecule has 1 saturated carbocycles. The molecule has 0 bridgehead atoms. The number of carbonyl (C=O) groups excluding carboxylic acids is 1. The Labute approximate surface area is 113 Å². The molecule has 0 atom stereocenters. The zero-order valence-electron chi connectivity index (χ0n) is 11.2. The van der Waals surface area contributed by atoms with E-state index >= 15 is 0 Å². The Morgan fingerprint density at radius 2 is 1.89 bits per heavy atom. The van der Waals surface area contributed by atoms with E-state index in [1.807, 2.05) is 0 Å². The summed E-state index contributed by atoms with van der Waals surface area (Å²) in [7, 11) is 0. The SMILES string of the molecule is CC1CCC(NC(=O)COc2ccc(F)cc2)CC1. The minimum Gasteiger partial charge on any atom is -0.484 e. The van der Waals surface area contributed by atoms with Gasteiger partial charge < -0.3 is 10.1 Å². The lowest BCUT2D eigenvalue weighted by Gasteiger charge is -2.26. The van der Waals surface area contributed by atoms with Crippen LogP contribution in [0.1, 0.15) is 32.6 Å². The molecule has 1 aromatic carbocycles. The number of amides is 1. The van der Waals surface area contributed by atoms with Crippen molar-refractivity contribution in [2.75, 3.05) is 6.61 Å². The van der Waals surface area contributed by atoms with Crippen LogP contribution < -0.4 is 10.1 Å². The van der Waals surface area contributed by atoms with Crippen LogP contribution in [-0.2, 0) is 4.79 Å². The number of hydrogen-bond acceptors (Lipinski definition) is 2. The number of hydrogen-bond donors (Lipinski definition) is 1. The van der Waals surface area contributed by atoms with Gasteiger partial charge in [0, 0.05) is 6.04 Å². The maximum atomic E-state index is 12.7. The molecule has 0 saturated heterocycles. The van der Waals surface area contributed by atoms with Crippen molar-refractivity contribution in [1.29, 1.82) is 0 Å². The van der Waals surface area contributed by atoms with Gasteiger partial charge in [-0.15, -0.1) is 0 Å². The molecule has 0 aliphatic heterocycles. The summed E-state index contributed by atoms with van der Waals surface area (Å²) in [5.74, 6) is 0.856. The van der Waals surface area contributed by atoms with Crippen molar-refractivity contribution in [1.82, 2.24) is 5.32 Å². The number of carbonyl (C=O) groups is 1. The molecule has 3 nitrogen and oxygen atoms in total. The normalized spacial score (nSPS) is 22.8. The highest BCUT2D eigenvalue weighted by molar-refractivity contribution is 5.77. The standard InChI is InChI=1S/C15H20FNO2/c1-11-2-6-13(7-3-11)17-15(18)10-19-14-8-4-12(16)5-9-14/h4-5,8-9,11,13H,2-3,6-7,10H2,1H3,(H,17,18). The van der Waals surface area contributed by atoms with Crippen molar-refractivity contribution in [3.05, 3.63) is 30.1 Å². The van der Waals surface area contributed by atoms with E-state index < -0.39 is 0 Å². The molecular formula is C15H20FNO2. The summed E-state index contributed by atoms with van der Waals surface area (Å²) >= 11 is 0. The first-order valence-corrected chi connectivity index (χ1v) is 6.81. The van der Waals surface area contributed by atoms with E-state index in [1.165, 1.54) is 37.1 Å². The third-order valence-electron chi connectivity index (χ3n) is 3.56. The molecule has 0 radical (unpaired) electrons. The number of benzene rings is 1. The maximum Gasteiger partial charge on any atom is 0.258 e. The quantitative estimate of drug-likeness (QED) is 0.909. The van der Waals surface area contributed by atoms with Crippen LogP contribution in [0.3, 0.4) is 0 Å². The van der Waals surface area contributed by atoms with Crippen molar-refractivity contribution < 1.29 is 13.9 Å². The molecule has 1 aliphatic rings. The highest BCUT2D eigenvalue weighted by Gasteiger charge is 2.19. The van der Waals surface area contributed by atoms with E-state index in [0.29, 0.717) is 5.75 Å². The van der Waals surface area contributed by atoms with Gasteiger partial charge in [0.2, 0.25) is 0 Å². The lowest BCUT2D eigenvalue weighted by molar-refractivity contribution is -0.124. The van der Waals surface area contributed by atoms with Crippen LogP contribution >= 0.6 is 0 Å². The first-order chi connectivity index (χ1) is 9.13. The Morgan fingerprint density at radius 1 is 1.26 bits per heavy atom. The summed E-state index contributed by atoms with van der Waals surface area (Å²) in [4.78, 5) is 11.7. The molecule has 1 aromatic rings. The molecule has 2 rings (SSSR count). The van der Waals surface area contributed by atoms with Crippen LogP contribution in [0, 0.1) is 11.7 Å². The molecule has 1 amide bonds. The summed E-state index contributed by atoms with van der Waals surface area (Å²) in [5, 5.41) is 2.98. The molecule has 4 heteroatoms. The van der Waals surface area contributed by atoms with Gasteiger partial charge in [0.25, 0.3) is 5.91 Å². The van der Waals surface area contributed by atoms with Crippen LogP contribution in [0.15, 0.2) is 24.3 Å². The fourth-order valence-electron chi connectivity index (χ4n) is 2.35. The summed E-state index contributed by atoms with van der Waals surface area (Å²) < 4.78 is 18.0. The fourth-order valence-corrected chi connectivity index (χ4v) is 2.35. The molecular weight excluding hydrogens is 245 g/mol. The molecule has 0 heterocycles. The Kier molecular flexibility index (Phi) is 4.77. The van der Waals surface area contributed by atoms with E-state index in [1.54, 1.807) is 0 Å². The fraction of sp³-hybridized carbons (Fsp3) is 0.533. The molecule has 1 N–H and O–H groups in total. The molecule has 19 heavy (non-hydrogen) atoms. The maximum absolute atomic E-state index is 12.7. The van der Waals surface area contributed by atoms with Crippen LogP contribution in [0.2, 0.25) is 0 Å². The predicted octanol–water partition coefficient (Wildman–Crippen LogP) is 2.90. The minimum atomic E-state index is -0.312. The highest BCUT2D eigenvalue weighted by Crippen LogP contribution is 2.23. The minimum absolute atomic E-state index is 0.0162. The van der Waals surface area contributed by atoms with Gasteiger partial charge in [-0.25, -0.2) is 4.39 Å². The second-order valence-electron chi connectivity index (χ2n) is 5.27. The van der Waals surface area contributed by atoms with E-state index in [2.05, 4.69) is 12.2 Å². The highest BCUT2D eigenvalue weighted by atomic mass is 19.1. The Hall–Kier alpha value is -1.58. The molecule has 104 valence electrons. The average Bonchev–Trinajstić information content (AvgIpc) is 2.41. The average molecular weight is 265 g/mol. The monoisotopic (exact) mass is 265 g/mol. The number of nitrogens with one attached hydrogen (secondary N) is 1. The lowest BCUT2D eigenvalue weighted by atomic mass is 9.87. The third-order valence-corrected chi connectivity index (χ3v) is 3.56. The summed E-state index contributed by atoms with van der Waals surface area (Å²) in [6.07, 6.45) is 4.43. The summed E-state index contributed by atoms with van der Waals surface area (Å²) in [6, 6.07) is 5.95. The second kappa shape index (κ2) is 6.55. The van der Waals surface area contributed by atoms with Gasteiger partial charge >= 0.3 is 0 Å². The van der Waals surface area contributed by atoms with Gasteiger partial charge in [0.15, 0.2) is 6.61 Å². The third kappa shape index (κ3) is 4.54. The first kappa shape index (κ1) is 13.8. The van der Waals surface area contributed by atoms with Crippen molar-refractivity contribution >= 4 is 5.91 Å². The van der Waals surface area contributed by atoms with Crippen molar-refractivity contribution in [2.24, 2.45) is 5.92 Å². The van der Waals surface area contributed by atoms with Crippen LogP contribution in [0.25, 0.3) is 0 Å². The van der Waals surface area contributed by atoms with Crippen LogP contribution in [0.4, 0.5) is 4.39 Å². The Bertz CT molecular complexity index is 411. The Balaban J connectivity index is 1.71. The zero-order chi connectivity index (χ0) is 13.7. The van der Waals surface area contributed by atoms with E-state index in [9.17, 15) is 9.18 Å². The number of ether oxygens (including phenoxy) is 1. The van der Waals surface area contributed by atoms with Crippen LogP contribution in [-0.4, -0.2) is 18.6 Å². The van der Waals surface area contributed by atoms with Gasteiger partial charge in [0.1, 0.15) is 11.6 Å². The summed E-state index contributed by atoms with van der Waals surface area (Å²) in [5.41, 5.74) is 0. The van der Waals surface area contributed by atoms with Gasteiger partial charge in [-0.3, -0.25) is 4.79 Å². The van der Waals surface area contributed by atoms with Gasteiger partial charge in [-0.05, 0) is 55.9 Å². The van der Waals surface area contributed by atoms with E-state index in [-0.39, 0.29) is 24.4 Å². The van der Waals surface area contributed by atoms with Gasteiger partial charge in [-0.2, -0.15) is 0 Å². The number of rotatable bonds is 4. The molecule has 1 fully saturated rings. The van der Waals surface area contributed by atoms with Crippen molar-refractivity contribution in [3.63, 3.8) is 0 Å². The van der Waals surface area contributed by atoms with Gasteiger partial charge in [-0.1, -0.05) is 6.92 Å². The molecule has 1 aliphatic carbocycles. The predicted molar refractivity (Wildman–Crippen MR) is 71.5 cm³/mol. The summed E-state index contributed by atoms with van der Waals surface area (Å²) in [6.45, 7) is 2.23. The first-order valence-electron chi connectivity index (χ1n) is 6.81. The Morgan fingerprint density at radius 3 is 2.53 bits per heavy atom. The van der Waals surface area contributed by atoms with Crippen LogP contribution in [0.5, 0.6) is 5.75 Å². The van der Waals surface area contributed by atoms with E-state index in [4.69, 9.17) is 4.74 Å². The molecule has 0 unspecified atom stereocenters. The van der Waals surface area contributed by atoms with E-state index in [0.717, 1.165) is 18.8 Å². The largest absolute Gasteiger partial charge is 0.484 e. The molecule has 0 spiro atoms. The number of halogens is 1. The zero-order valence-corrected chi connectivity index (χ0v) is 11.2. The lowest BCUT2D eigenvalue weighted by Crippen LogP contribution is -2.39. The molecule has 0 aromatic heterocycles.